The van der Waals surface area contributed by atoms with Crippen LogP contribution in [0.5, 0.6) is 11.5 Å². The van der Waals surface area contributed by atoms with E-state index in [1.807, 2.05) is 0 Å². The number of aryl methyl sites for hydroxylation is 2. The molecule has 0 aromatic heterocycles. The highest BCUT2D eigenvalue weighted by molar-refractivity contribution is 7.00. The lowest BCUT2D eigenvalue weighted by molar-refractivity contribution is 0.286. The van der Waals surface area contributed by atoms with Crippen molar-refractivity contribution in [3.63, 3.8) is 0 Å². The second kappa shape index (κ2) is 30.9. The molecule has 0 saturated heterocycles. The summed E-state index contributed by atoms with van der Waals surface area (Å²) in [5.41, 5.74) is 5.29. The fourth-order valence-electron chi connectivity index (χ4n) is 11.4. The summed E-state index contributed by atoms with van der Waals surface area (Å²) in [5, 5.41) is 5.54. The molecule has 6 aromatic carbocycles. The predicted octanol–water partition coefficient (Wildman–Crippen LogP) is 16.8. The molecule has 0 bridgehead atoms. The predicted molar refractivity (Wildman–Crippen MR) is 326 cm³/mol. The van der Waals surface area contributed by atoms with Gasteiger partial charge in [0.15, 0.2) is 0 Å². The smallest absolute Gasteiger partial charge is 0.261 e. The van der Waals surface area contributed by atoms with Gasteiger partial charge in [0.1, 0.15) is 11.5 Å². The van der Waals surface area contributed by atoms with Gasteiger partial charge in [-0.15, -0.1) is 0 Å². The van der Waals surface area contributed by atoms with Crippen molar-refractivity contribution in [1.82, 2.24) is 0 Å². The van der Waals surface area contributed by atoms with Gasteiger partial charge in [-0.3, -0.25) is 0 Å². The minimum Gasteiger partial charge on any atom is -0.494 e. The molecule has 0 saturated carbocycles. The van der Waals surface area contributed by atoms with Crippen LogP contribution >= 0.6 is 0 Å². The fraction of sp³-hybridized carbons (Fsp3) is 0.478. The summed E-state index contributed by atoms with van der Waals surface area (Å²) in [6.45, 7) is 21.8. The molecular weight excluding hydrogens is 949 g/mol. The van der Waals surface area contributed by atoms with Gasteiger partial charge in [0.2, 0.25) is 0 Å². The Labute approximate surface area is 458 Å². The van der Waals surface area contributed by atoms with E-state index in [1.165, 1.54) is 133 Å². The van der Waals surface area contributed by atoms with Crippen LogP contribution in [0.3, 0.4) is 0 Å². The maximum Gasteiger partial charge on any atom is 0.261 e. The van der Waals surface area contributed by atoms with E-state index in [2.05, 4.69) is 213 Å². The van der Waals surface area contributed by atoms with Crippen molar-refractivity contribution in [3.05, 3.63) is 180 Å². The van der Waals surface area contributed by atoms with E-state index >= 15 is 0 Å². The van der Waals surface area contributed by atoms with Gasteiger partial charge in [0, 0.05) is 13.2 Å². The first-order valence-corrected chi connectivity index (χ1v) is 33.1. The molecule has 0 aliphatic carbocycles. The van der Waals surface area contributed by atoms with Gasteiger partial charge in [-0.05, 0) is 123 Å². The van der Waals surface area contributed by atoms with Crippen LogP contribution in [-0.4, -0.2) is 43.1 Å². The molecule has 6 aromatic rings. The van der Waals surface area contributed by atoms with Crippen molar-refractivity contribution in [2.45, 2.75) is 187 Å². The van der Waals surface area contributed by atoms with Gasteiger partial charge in [-0.25, -0.2) is 0 Å². The second-order valence-corrected chi connectivity index (χ2v) is 32.0. The van der Waals surface area contributed by atoms with E-state index in [-0.39, 0.29) is 10.1 Å². The quantitative estimate of drug-likeness (QED) is 0.0298. The number of ether oxygens (including phenoxy) is 2. The van der Waals surface area contributed by atoms with Gasteiger partial charge in [-0.2, -0.15) is 0 Å². The highest BCUT2D eigenvalue weighted by Crippen LogP contribution is 2.38. The van der Waals surface area contributed by atoms with Crippen LogP contribution in [0, 0.1) is 13.8 Å². The maximum absolute atomic E-state index is 7.10. The number of hydrogen-bond donors (Lipinski definition) is 0. The van der Waals surface area contributed by atoms with Gasteiger partial charge in [0.05, 0.1) is 13.2 Å². The second-order valence-electron chi connectivity index (χ2n) is 23.4. The zero-order valence-corrected chi connectivity index (χ0v) is 49.9. The Hall–Kier alpha value is -4.73. The first kappa shape index (κ1) is 59.5. The average Bonchev–Trinajstić information content (AvgIpc) is 3.42. The Bertz CT molecular complexity index is 2230. The lowest BCUT2D eigenvalue weighted by Crippen LogP contribution is -2.66. The summed E-state index contributed by atoms with van der Waals surface area (Å²) < 4.78 is 26.6. The molecule has 0 spiro atoms. The van der Waals surface area contributed by atoms with Crippen LogP contribution < -0.4 is 30.2 Å². The normalized spacial score (nSPS) is 12.3. The fourth-order valence-corrected chi connectivity index (χ4v) is 20.6. The Balaban J connectivity index is 0.770. The molecule has 0 unspecified atom stereocenters. The SMILES string of the molecule is Cc1cc(OCCCCCCCCCCCO[Si](c2ccccc2)(c2ccccc2)C(C)(C)C)ccc1Cc1ccc(OCCCCCCCCCCCO[Si](c2ccccc2)(c2ccccc2)C(C)(C)C)cc1C. The van der Waals surface area contributed by atoms with Crippen molar-refractivity contribution in [1.29, 1.82) is 0 Å². The zero-order valence-electron chi connectivity index (χ0n) is 47.9. The van der Waals surface area contributed by atoms with E-state index in [4.69, 9.17) is 18.3 Å². The third kappa shape index (κ3) is 17.7. The van der Waals surface area contributed by atoms with E-state index in [0.29, 0.717) is 0 Å². The van der Waals surface area contributed by atoms with E-state index < -0.39 is 16.6 Å². The number of rotatable bonds is 34. The standard InChI is InChI=1S/C69H96O4Si2/c1-58-55-62(70-51-35-19-15-11-9-13-17-21-37-53-72-74(68(3,4)5,64-39-27-23-28-40-64)65-41-29-24-30-42-65)49-47-60(58)57-61-48-50-63(56-59(61)2)71-52-36-20-16-12-10-14-18-22-38-54-73-75(69(6,7)8,66-43-31-25-32-44-66)67-45-33-26-34-46-67/h23-34,39-50,55-56H,9-22,35-38,51-54,57H2,1-8H3. The topological polar surface area (TPSA) is 36.9 Å². The zero-order chi connectivity index (χ0) is 53.3. The Morgan fingerprint density at radius 2 is 0.560 bits per heavy atom. The van der Waals surface area contributed by atoms with Gasteiger partial charge in [0.25, 0.3) is 16.6 Å². The van der Waals surface area contributed by atoms with Crippen molar-refractivity contribution in [2.75, 3.05) is 26.4 Å². The van der Waals surface area contributed by atoms with E-state index in [9.17, 15) is 0 Å². The minimum atomic E-state index is -2.43. The van der Waals surface area contributed by atoms with Gasteiger partial charge >= 0.3 is 0 Å². The first-order valence-electron chi connectivity index (χ1n) is 29.3. The number of benzene rings is 6. The lowest BCUT2D eigenvalue weighted by atomic mass is 9.97. The van der Waals surface area contributed by atoms with Crippen LogP contribution in [-0.2, 0) is 15.3 Å². The highest BCUT2D eigenvalue weighted by Gasteiger charge is 2.51. The van der Waals surface area contributed by atoms with E-state index in [1.54, 1.807) is 0 Å². The molecule has 0 aliphatic heterocycles. The summed E-state index contributed by atoms with van der Waals surface area (Å²) in [4.78, 5) is 0. The molecule has 4 nitrogen and oxygen atoms in total. The maximum atomic E-state index is 7.10. The minimum absolute atomic E-state index is 0.0340. The molecule has 75 heavy (non-hydrogen) atoms. The third-order valence-electron chi connectivity index (χ3n) is 15.6. The first-order chi connectivity index (χ1) is 36.3. The summed E-state index contributed by atoms with van der Waals surface area (Å²) >= 11 is 0. The van der Waals surface area contributed by atoms with E-state index in [0.717, 1.165) is 70.0 Å². The van der Waals surface area contributed by atoms with Crippen LogP contribution in [0.1, 0.15) is 179 Å². The molecule has 0 radical (unpaired) electrons. The Kier molecular flexibility index (Phi) is 24.5. The van der Waals surface area contributed by atoms with Crippen molar-refractivity contribution in [3.8, 4) is 11.5 Å². The summed E-state index contributed by atoms with van der Waals surface area (Å²) in [6.07, 6.45) is 23.3. The molecule has 6 rings (SSSR count). The van der Waals surface area contributed by atoms with Crippen LogP contribution in [0.15, 0.2) is 158 Å². The summed E-state index contributed by atoms with van der Waals surface area (Å²) in [5.74, 6) is 1.97. The molecule has 404 valence electrons. The van der Waals surface area contributed by atoms with Crippen molar-refractivity contribution < 1.29 is 18.3 Å². The monoisotopic (exact) mass is 1040 g/mol. The summed E-state index contributed by atoms with van der Waals surface area (Å²) in [6, 6.07) is 57.3. The molecule has 0 N–H and O–H groups in total. The molecule has 0 amide bonds. The lowest BCUT2D eigenvalue weighted by Gasteiger charge is -2.43. The highest BCUT2D eigenvalue weighted by atomic mass is 28.4. The van der Waals surface area contributed by atoms with Crippen LogP contribution in [0.4, 0.5) is 0 Å². The number of unbranched alkanes of at least 4 members (excludes halogenated alkanes) is 16. The summed E-state index contributed by atoms with van der Waals surface area (Å²) in [7, 11) is -4.86. The molecule has 0 heterocycles. The Morgan fingerprint density at radius 1 is 0.307 bits per heavy atom. The van der Waals surface area contributed by atoms with Gasteiger partial charge < -0.3 is 18.3 Å². The van der Waals surface area contributed by atoms with Crippen LogP contribution in [0.2, 0.25) is 10.1 Å². The molecular formula is C69H96O4Si2. The molecule has 0 atom stereocenters. The van der Waals surface area contributed by atoms with Crippen molar-refractivity contribution in [2.24, 2.45) is 0 Å². The molecule has 0 aliphatic rings. The number of hydrogen-bond acceptors (Lipinski definition) is 4. The Morgan fingerprint density at radius 3 is 0.813 bits per heavy atom. The largest absolute Gasteiger partial charge is 0.494 e. The average molecular weight is 1050 g/mol. The van der Waals surface area contributed by atoms with Crippen molar-refractivity contribution >= 4 is 37.4 Å². The van der Waals surface area contributed by atoms with Gasteiger partial charge in [-0.1, -0.05) is 265 Å². The molecule has 0 fully saturated rings. The molecule has 6 heteroatoms. The van der Waals surface area contributed by atoms with Crippen LogP contribution in [0.25, 0.3) is 0 Å². The third-order valence-corrected chi connectivity index (χ3v) is 25.7.